The van der Waals surface area contributed by atoms with E-state index < -0.39 is 0 Å². The maximum Gasteiger partial charge on any atom is 0.264 e. The van der Waals surface area contributed by atoms with Crippen LogP contribution < -0.4 is 10.5 Å². The zero-order valence-electron chi connectivity index (χ0n) is 14.8. The van der Waals surface area contributed by atoms with E-state index in [1.54, 1.807) is 0 Å². The first-order valence-corrected chi connectivity index (χ1v) is 8.42. The van der Waals surface area contributed by atoms with Gasteiger partial charge >= 0.3 is 0 Å². The average Bonchev–Trinajstić information content (AvgIpc) is 3.09. The van der Waals surface area contributed by atoms with Crippen molar-refractivity contribution in [3.63, 3.8) is 0 Å². The molecule has 0 spiro atoms. The Hall–Kier alpha value is -2.66. The van der Waals surface area contributed by atoms with E-state index in [4.69, 9.17) is 15.0 Å². The van der Waals surface area contributed by atoms with Crippen LogP contribution in [0.1, 0.15) is 42.3 Å². The fourth-order valence-electron chi connectivity index (χ4n) is 2.60. The lowest BCUT2D eigenvalue weighted by Gasteiger charge is -2.13. The summed E-state index contributed by atoms with van der Waals surface area (Å²) in [5.41, 5.74) is 9.90. The van der Waals surface area contributed by atoms with Crippen LogP contribution in [0.5, 0.6) is 5.75 Å². The third kappa shape index (κ3) is 4.06. The molecule has 1 aromatic heterocycles. The van der Waals surface area contributed by atoms with Crippen LogP contribution in [0, 0.1) is 6.92 Å². The lowest BCUT2D eigenvalue weighted by molar-refractivity contribution is 0.240. The Bertz CT molecular complexity index is 838. The molecular weight excluding hydrogens is 314 g/mol. The number of ether oxygens (including phenoxy) is 1. The van der Waals surface area contributed by atoms with Crippen LogP contribution >= 0.6 is 0 Å². The summed E-state index contributed by atoms with van der Waals surface area (Å²) in [6, 6.07) is 14.0. The van der Waals surface area contributed by atoms with Crippen LogP contribution in [-0.4, -0.2) is 10.1 Å². The van der Waals surface area contributed by atoms with Gasteiger partial charge in [-0.2, -0.15) is 4.98 Å². The van der Waals surface area contributed by atoms with Gasteiger partial charge in [0.25, 0.3) is 5.89 Å². The first kappa shape index (κ1) is 17.2. The van der Waals surface area contributed by atoms with E-state index >= 15 is 0 Å². The van der Waals surface area contributed by atoms with E-state index in [-0.39, 0.29) is 6.61 Å². The van der Waals surface area contributed by atoms with E-state index in [9.17, 15) is 0 Å². The van der Waals surface area contributed by atoms with Gasteiger partial charge in [0, 0.05) is 12.1 Å². The largest absolute Gasteiger partial charge is 0.483 e. The SMILES string of the molecule is Cc1ccc(C(C)C)c(OCc2nc(-c3ccc(CN)cc3)no2)c1. The average molecular weight is 337 g/mol. The van der Waals surface area contributed by atoms with Crippen molar-refractivity contribution in [1.29, 1.82) is 0 Å². The molecule has 2 N–H and O–H groups in total. The van der Waals surface area contributed by atoms with Gasteiger partial charge in [-0.3, -0.25) is 0 Å². The second-order valence-corrected chi connectivity index (χ2v) is 6.40. The smallest absolute Gasteiger partial charge is 0.264 e. The molecule has 0 saturated carbocycles. The van der Waals surface area contributed by atoms with Crippen LogP contribution in [0.3, 0.4) is 0 Å². The summed E-state index contributed by atoms with van der Waals surface area (Å²) >= 11 is 0. The van der Waals surface area contributed by atoms with E-state index in [1.165, 1.54) is 5.56 Å². The van der Waals surface area contributed by atoms with Crippen molar-refractivity contribution in [2.45, 2.75) is 39.8 Å². The van der Waals surface area contributed by atoms with Crippen molar-refractivity contribution in [2.24, 2.45) is 5.73 Å². The highest BCUT2D eigenvalue weighted by Gasteiger charge is 2.12. The number of hydrogen-bond donors (Lipinski definition) is 1. The van der Waals surface area contributed by atoms with Gasteiger partial charge in [-0.15, -0.1) is 0 Å². The van der Waals surface area contributed by atoms with Gasteiger partial charge in [0.05, 0.1) is 0 Å². The number of hydrogen-bond acceptors (Lipinski definition) is 5. The monoisotopic (exact) mass is 337 g/mol. The van der Waals surface area contributed by atoms with Gasteiger partial charge < -0.3 is 15.0 Å². The molecule has 0 fully saturated rings. The number of aryl methyl sites for hydroxylation is 1. The van der Waals surface area contributed by atoms with Crippen LogP contribution in [0.2, 0.25) is 0 Å². The molecule has 1 heterocycles. The molecule has 0 amide bonds. The summed E-state index contributed by atoms with van der Waals surface area (Å²) in [6.45, 7) is 7.10. The summed E-state index contributed by atoms with van der Waals surface area (Å²) < 4.78 is 11.3. The van der Waals surface area contributed by atoms with Gasteiger partial charge in [0.1, 0.15) is 5.75 Å². The van der Waals surface area contributed by atoms with E-state index in [1.807, 2.05) is 37.3 Å². The molecule has 0 bridgehead atoms. The maximum absolute atomic E-state index is 5.94. The lowest BCUT2D eigenvalue weighted by Crippen LogP contribution is -2.00. The fraction of sp³-hybridized carbons (Fsp3) is 0.300. The van der Waals surface area contributed by atoms with Gasteiger partial charge in [0.2, 0.25) is 5.82 Å². The summed E-state index contributed by atoms with van der Waals surface area (Å²) in [5.74, 6) is 2.25. The third-order valence-corrected chi connectivity index (χ3v) is 4.06. The summed E-state index contributed by atoms with van der Waals surface area (Å²) in [6.07, 6.45) is 0. The minimum atomic E-state index is 0.247. The molecular formula is C20H23N3O2. The molecule has 25 heavy (non-hydrogen) atoms. The number of nitrogens with two attached hydrogens (primary N) is 1. The summed E-state index contributed by atoms with van der Waals surface area (Å²) in [5, 5.41) is 4.03. The van der Waals surface area contributed by atoms with Crippen molar-refractivity contribution in [1.82, 2.24) is 10.1 Å². The van der Waals surface area contributed by atoms with Gasteiger partial charge in [0.15, 0.2) is 6.61 Å². The first-order valence-electron chi connectivity index (χ1n) is 8.42. The second kappa shape index (κ2) is 7.49. The Morgan fingerprint density at radius 1 is 1.12 bits per heavy atom. The van der Waals surface area contributed by atoms with Crippen molar-refractivity contribution in [3.05, 3.63) is 65.0 Å². The standard InChI is InChI=1S/C20H23N3O2/c1-13(2)17-9-4-14(3)10-18(17)24-12-19-22-20(23-25-19)16-7-5-15(11-21)6-8-16/h4-10,13H,11-12,21H2,1-3H3. The minimum Gasteiger partial charge on any atom is -0.483 e. The third-order valence-electron chi connectivity index (χ3n) is 4.06. The molecule has 0 unspecified atom stereocenters. The number of nitrogens with zero attached hydrogens (tertiary/aromatic N) is 2. The van der Waals surface area contributed by atoms with Crippen LogP contribution in [0.4, 0.5) is 0 Å². The highest BCUT2D eigenvalue weighted by Crippen LogP contribution is 2.28. The Morgan fingerprint density at radius 2 is 1.88 bits per heavy atom. The Balaban J connectivity index is 1.73. The molecule has 0 aliphatic heterocycles. The summed E-state index contributed by atoms with van der Waals surface area (Å²) in [7, 11) is 0. The molecule has 5 nitrogen and oxygen atoms in total. The topological polar surface area (TPSA) is 74.2 Å². The predicted octanol–water partition coefficient (Wildman–Crippen LogP) is 4.21. The number of aromatic nitrogens is 2. The highest BCUT2D eigenvalue weighted by atomic mass is 16.5. The molecule has 3 aromatic rings. The van der Waals surface area contributed by atoms with Gasteiger partial charge in [-0.25, -0.2) is 0 Å². The van der Waals surface area contributed by atoms with E-state index in [0.29, 0.717) is 24.2 Å². The Labute approximate surface area is 147 Å². The van der Waals surface area contributed by atoms with Gasteiger partial charge in [-0.05, 0) is 35.6 Å². The van der Waals surface area contributed by atoms with E-state index in [2.05, 4.69) is 36.1 Å². The van der Waals surface area contributed by atoms with Gasteiger partial charge in [-0.1, -0.05) is 55.4 Å². The molecule has 0 saturated heterocycles. The van der Waals surface area contributed by atoms with Crippen molar-refractivity contribution < 1.29 is 9.26 Å². The van der Waals surface area contributed by atoms with Crippen molar-refractivity contribution >= 4 is 0 Å². The number of rotatable bonds is 6. The minimum absolute atomic E-state index is 0.247. The van der Waals surface area contributed by atoms with Crippen LogP contribution in [0.25, 0.3) is 11.4 Å². The van der Waals surface area contributed by atoms with E-state index in [0.717, 1.165) is 22.4 Å². The van der Waals surface area contributed by atoms with Crippen molar-refractivity contribution in [3.8, 4) is 17.1 Å². The molecule has 5 heteroatoms. The number of benzene rings is 2. The maximum atomic E-state index is 5.94. The predicted molar refractivity (Wildman–Crippen MR) is 97.2 cm³/mol. The normalized spacial score (nSPS) is 11.1. The summed E-state index contributed by atoms with van der Waals surface area (Å²) in [4.78, 5) is 4.41. The molecule has 0 aliphatic carbocycles. The van der Waals surface area contributed by atoms with Crippen molar-refractivity contribution in [2.75, 3.05) is 0 Å². The van der Waals surface area contributed by atoms with Crippen LogP contribution in [0.15, 0.2) is 47.0 Å². The zero-order valence-corrected chi connectivity index (χ0v) is 14.8. The first-order chi connectivity index (χ1) is 12.1. The fourth-order valence-corrected chi connectivity index (χ4v) is 2.60. The molecule has 0 radical (unpaired) electrons. The Kier molecular flexibility index (Phi) is 5.14. The molecule has 3 rings (SSSR count). The lowest BCUT2D eigenvalue weighted by atomic mass is 10.0. The molecule has 0 aliphatic rings. The zero-order chi connectivity index (χ0) is 17.8. The molecule has 2 aromatic carbocycles. The quantitative estimate of drug-likeness (QED) is 0.729. The highest BCUT2D eigenvalue weighted by molar-refractivity contribution is 5.54. The second-order valence-electron chi connectivity index (χ2n) is 6.40. The Morgan fingerprint density at radius 3 is 2.56 bits per heavy atom. The molecule has 0 atom stereocenters. The molecule has 130 valence electrons. The van der Waals surface area contributed by atoms with Crippen LogP contribution in [-0.2, 0) is 13.2 Å².